The van der Waals surface area contributed by atoms with Crippen molar-refractivity contribution >= 4 is 11.7 Å². The van der Waals surface area contributed by atoms with E-state index >= 15 is 0 Å². The maximum absolute atomic E-state index is 13.5. The predicted octanol–water partition coefficient (Wildman–Crippen LogP) is 4.08. The van der Waals surface area contributed by atoms with Crippen LogP contribution < -0.4 is 5.73 Å². The molecule has 160 valence electrons. The lowest BCUT2D eigenvalue weighted by Gasteiger charge is -2.58. The molecule has 1 heterocycles. The normalized spacial score (nSPS) is 47.1. The number of nitrogens with zero attached hydrogens (tertiary/aromatic N) is 1. The van der Waals surface area contributed by atoms with Crippen molar-refractivity contribution in [1.29, 1.82) is 0 Å². The molecule has 1 amide bonds. The summed E-state index contributed by atoms with van der Waals surface area (Å²) in [7, 11) is 0. The first-order valence-corrected chi connectivity index (χ1v) is 12.1. The van der Waals surface area contributed by atoms with E-state index in [1.807, 2.05) is 6.08 Å². The highest BCUT2D eigenvalue weighted by Crippen LogP contribution is 2.66. The van der Waals surface area contributed by atoms with E-state index in [9.17, 15) is 9.59 Å². The predicted molar refractivity (Wildman–Crippen MR) is 114 cm³/mol. The molecular weight excluding hydrogens is 360 g/mol. The van der Waals surface area contributed by atoms with Crippen LogP contribution in [0.15, 0.2) is 11.6 Å². The number of nitrogens with two attached hydrogens (primary N) is 1. The second-order valence-electron chi connectivity index (χ2n) is 11.3. The molecule has 3 saturated carbocycles. The maximum atomic E-state index is 13.5. The zero-order valence-corrected chi connectivity index (χ0v) is 18.3. The van der Waals surface area contributed by atoms with Crippen LogP contribution in [0.25, 0.3) is 0 Å². The molecule has 1 saturated heterocycles. The van der Waals surface area contributed by atoms with Crippen molar-refractivity contribution in [2.75, 3.05) is 13.1 Å². The Bertz CT molecular complexity index is 739. The first-order valence-electron chi connectivity index (χ1n) is 12.1. The van der Waals surface area contributed by atoms with E-state index in [4.69, 9.17) is 5.73 Å². The van der Waals surface area contributed by atoms with Gasteiger partial charge in [0.2, 0.25) is 5.91 Å². The minimum absolute atomic E-state index is 0.0898. The van der Waals surface area contributed by atoms with E-state index in [1.165, 1.54) is 44.1 Å². The molecular formula is C25H38N2O2. The van der Waals surface area contributed by atoms with Gasteiger partial charge in [-0.25, -0.2) is 0 Å². The summed E-state index contributed by atoms with van der Waals surface area (Å²) in [6, 6.07) is -0.326. The molecule has 0 bridgehead atoms. The minimum atomic E-state index is -0.326. The number of hydrogen-bond donors (Lipinski definition) is 1. The van der Waals surface area contributed by atoms with Crippen molar-refractivity contribution in [3.63, 3.8) is 0 Å². The summed E-state index contributed by atoms with van der Waals surface area (Å²) in [4.78, 5) is 27.8. The lowest BCUT2D eigenvalue weighted by molar-refractivity contribution is -0.144. The number of carbonyl (C=O) groups excluding carboxylic acids is 2. The van der Waals surface area contributed by atoms with Crippen LogP contribution in [0.3, 0.4) is 0 Å². The Kier molecular flexibility index (Phi) is 4.73. The van der Waals surface area contributed by atoms with Crippen molar-refractivity contribution in [2.45, 2.75) is 84.1 Å². The summed E-state index contributed by atoms with van der Waals surface area (Å²) in [5.41, 5.74) is 7.85. The first-order chi connectivity index (χ1) is 13.8. The van der Waals surface area contributed by atoms with Gasteiger partial charge >= 0.3 is 0 Å². The van der Waals surface area contributed by atoms with Crippen LogP contribution in [0.5, 0.6) is 0 Å². The van der Waals surface area contributed by atoms with Crippen LogP contribution in [0.1, 0.15) is 78.1 Å². The van der Waals surface area contributed by atoms with Crippen LogP contribution >= 0.6 is 0 Å². The smallest absolute Gasteiger partial charge is 0.226 e. The SMILES string of the molecule is C[C@]12CC(N)C(=O)C=C1CCC1C2CC[C@@]2(C)C1CC[C@@H]2C(=O)N1CCCCC1. The van der Waals surface area contributed by atoms with Gasteiger partial charge in [-0.15, -0.1) is 0 Å². The molecule has 0 spiro atoms. The van der Waals surface area contributed by atoms with Crippen molar-refractivity contribution in [3.05, 3.63) is 11.6 Å². The molecule has 2 N–H and O–H groups in total. The number of hydrogen-bond acceptors (Lipinski definition) is 3. The van der Waals surface area contributed by atoms with Gasteiger partial charge in [0.05, 0.1) is 6.04 Å². The lowest BCUT2D eigenvalue weighted by Crippen LogP contribution is -2.54. The number of allylic oxidation sites excluding steroid dienone is 1. The molecule has 7 atom stereocenters. The largest absolute Gasteiger partial charge is 0.342 e. The Morgan fingerprint density at radius 3 is 2.59 bits per heavy atom. The van der Waals surface area contributed by atoms with Gasteiger partial charge in [-0.1, -0.05) is 19.4 Å². The standard InChI is InChI=1S/C25H38N2O2/c1-24-11-10-19-17(7-6-16-14-22(28)21(26)15-25(16,19)2)18(24)8-9-20(24)23(29)27-12-4-3-5-13-27/h14,17-21H,3-13,15,26H2,1-2H3/t17?,18?,19?,20-,21?,24+,25+/m1/s1. The maximum Gasteiger partial charge on any atom is 0.226 e. The monoisotopic (exact) mass is 398 g/mol. The fourth-order valence-electron chi connectivity index (χ4n) is 8.42. The molecule has 4 nitrogen and oxygen atoms in total. The number of fused-ring (bicyclic) bond motifs is 5. The summed E-state index contributed by atoms with van der Waals surface area (Å²) >= 11 is 0. The molecule has 1 aliphatic heterocycles. The zero-order chi connectivity index (χ0) is 20.4. The summed E-state index contributed by atoms with van der Waals surface area (Å²) in [5.74, 6) is 2.79. The van der Waals surface area contributed by atoms with E-state index in [-0.39, 0.29) is 28.6 Å². The van der Waals surface area contributed by atoms with Crippen LogP contribution in [-0.2, 0) is 9.59 Å². The molecule has 0 aromatic carbocycles. The average Bonchev–Trinajstić information content (AvgIpc) is 3.06. The number of carbonyl (C=O) groups is 2. The van der Waals surface area contributed by atoms with Gasteiger partial charge in [0.15, 0.2) is 5.78 Å². The van der Waals surface area contributed by atoms with E-state index in [1.54, 1.807) is 0 Å². The van der Waals surface area contributed by atoms with Crippen molar-refractivity contribution in [1.82, 2.24) is 4.90 Å². The molecule has 4 aliphatic carbocycles. The highest BCUT2D eigenvalue weighted by atomic mass is 16.2. The Balaban J connectivity index is 1.40. The Morgan fingerprint density at radius 2 is 1.83 bits per heavy atom. The Morgan fingerprint density at radius 1 is 1.07 bits per heavy atom. The molecule has 4 fully saturated rings. The molecule has 0 aromatic heterocycles. The van der Waals surface area contributed by atoms with Gasteiger partial charge in [-0.05, 0) is 98.9 Å². The third-order valence-electron chi connectivity index (χ3n) is 10.0. The van der Waals surface area contributed by atoms with Gasteiger partial charge in [0.25, 0.3) is 0 Å². The second-order valence-corrected chi connectivity index (χ2v) is 11.3. The Hall–Kier alpha value is -1.16. The number of likely N-dealkylation sites (tertiary alicyclic amines) is 1. The van der Waals surface area contributed by atoms with Gasteiger partial charge in [0, 0.05) is 19.0 Å². The topological polar surface area (TPSA) is 63.4 Å². The fraction of sp³-hybridized carbons (Fsp3) is 0.840. The Labute approximate surface area is 175 Å². The van der Waals surface area contributed by atoms with Crippen LogP contribution in [-0.4, -0.2) is 35.7 Å². The van der Waals surface area contributed by atoms with Crippen molar-refractivity contribution in [2.24, 2.45) is 40.2 Å². The summed E-state index contributed by atoms with van der Waals surface area (Å²) in [5, 5.41) is 0. The van der Waals surface area contributed by atoms with Crippen molar-refractivity contribution in [3.8, 4) is 0 Å². The summed E-state index contributed by atoms with van der Waals surface area (Å²) in [6.07, 6.45) is 13.2. The van der Waals surface area contributed by atoms with E-state index < -0.39 is 0 Å². The molecule has 4 unspecified atom stereocenters. The van der Waals surface area contributed by atoms with E-state index in [0.29, 0.717) is 23.7 Å². The average molecular weight is 399 g/mol. The zero-order valence-electron chi connectivity index (χ0n) is 18.3. The molecule has 0 aromatic rings. The van der Waals surface area contributed by atoms with Gasteiger partial charge in [-0.3, -0.25) is 9.59 Å². The van der Waals surface area contributed by atoms with Gasteiger partial charge in [0.1, 0.15) is 0 Å². The van der Waals surface area contributed by atoms with E-state index in [0.717, 1.165) is 38.8 Å². The van der Waals surface area contributed by atoms with Gasteiger partial charge < -0.3 is 10.6 Å². The number of amides is 1. The molecule has 4 heteroatoms. The lowest BCUT2D eigenvalue weighted by atomic mass is 9.46. The second kappa shape index (κ2) is 6.93. The fourth-order valence-corrected chi connectivity index (χ4v) is 8.42. The summed E-state index contributed by atoms with van der Waals surface area (Å²) in [6.45, 7) is 6.77. The van der Waals surface area contributed by atoms with Crippen LogP contribution in [0, 0.1) is 34.5 Å². The van der Waals surface area contributed by atoms with Crippen molar-refractivity contribution < 1.29 is 9.59 Å². The number of piperidine rings is 1. The highest BCUT2D eigenvalue weighted by Gasteiger charge is 2.61. The third kappa shape index (κ3) is 2.88. The number of rotatable bonds is 1. The third-order valence-corrected chi connectivity index (χ3v) is 10.0. The molecule has 5 aliphatic rings. The van der Waals surface area contributed by atoms with Crippen LogP contribution in [0.2, 0.25) is 0 Å². The quantitative estimate of drug-likeness (QED) is 0.724. The molecule has 5 rings (SSSR count). The summed E-state index contributed by atoms with van der Waals surface area (Å²) < 4.78 is 0. The van der Waals surface area contributed by atoms with Gasteiger partial charge in [-0.2, -0.15) is 0 Å². The first kappa shape index (κ1) is 19.8. The highest BCUT2D eigenvalue weighted by molar-refractivity contribution is 5.96. The molecule has 29 heavy (non-hydrogen) atoms. The number of ketones is 1. The minimum Gasteiger partial charge on any atom is -0.342 e. The van der Waals surface area contributed by atoms with E-state index in [2.05, 4.69) is 18.7 Å². The molecule has 0 radical (unpaired) electrons. The van der Waals surface area contributed by atoms with Crippen LogP contribution in [0.4, 0.5) is 0 Å².